The molecule has 0 aliphatic heterocycles. The molecule has 0 atom stereocenters. The first-order valence-corrected chi connectivity index (χ1v) is 8.09. The van der Waals surface area contributed by atoms with E-state index < -0.39 is 0 Å². The molecule has 0 aliphatic rings. The number of amides is 1. The lowest BCUT2D eigenvalue weighted by atomic mass is 9.99. The number of aryl methyl sites for hydroxylation is 3. The lowest BCUT2D eigenvalue weighted by Crippen LogP contribution is -2.36. The fourth-order valence-electron chi connectivity index (χ4n) is 2.82. The number of nitrogens with two attached hydrogens (primary N) is 1. The highest BCUT2D eigenvalue weighted by Crippen LogP contribution is 2.19. The van der Waals surface area contributed by atoms with E-state index in [0.717, 1.165) is 23.1 Å². The third-order valence-electron chi connectivity index (χ3n) is 3.97. The standard InChI is InChI=1S/C20H25N3O/c1-14-11-15(2)18(16(3)12-14)13-19(20(24)23-21)22-10-9-17-7-5-4-6-8-17/h4-8,11-13,22H,9-10,21H2,1-3H3,(H,23,24)/b19-13-. The van der Waals surface area contributed by atoms with Gasteiger partial charge in [-0.25, -0.2) is 5.84 Å². The van der Waals surface area contributed by atoms with E-state index in [1.165, 1.54) is 11.1 Å². The summed E-state index contributed by atoms with van der Waals surface area (Å²) in [4.78, 5) is 12.1. The lowest BCUT2D eigenvalue weighted by Gasteiger charge is -2.13. The van der Waals surface area contributed by atoms with Crippen LogP contribution in [0.2, 0.25) is 0 Å². The van der Waals surface area contributed by atoms with Gasteiger partial charge in [-0.15, -0.1) is 0 Å². The van der Waals surface area contributed by atoms with Gasteiger partial charge < -0.3 is 5.32 Å². The first kappa shape index (κ1) is 17.8. The maximum absolute atomic E-state index is 12.1. The van der Waals surface area contributed by atoms with Crippen molar-refractivity contribution in [1.29, 1.82) is 0 Å². The molecule has 4 N–H and O–H groups in total. The van der Waals surface area contributed by atoms with Gasteiger partial charge in [-0.2, -0.15) is 0 Å². The Hall–Kier alpha value is -2.59. The number of nitrogens with one attached hydrogen (secondary N) is 2. The molecule has 2 rings (SSSR count). The molecule has 0 saturated carbocycles. The molecule has 4 heteroatoms. The lowest BCUT2D eigenvalue weighted by molar-refractivity contribution is -0.117. The predicted molar refractivity (Wildman–Crippen MR) is 99.1 cm³/mol. The fourth-order valence-corrected chi connectivity index (χ4v) is 2.82. The smallest absolute Gasteiger partial charge is 0.281 e. The zero-order chi connectivity index (χ0) is 17.5. The van der Waals surface area contributed by atoms with Gasteiger partial charge in [0.25, 0.3) is 5.91 Å². The second-order valence-corrected chi connectivity index (χ2v) is 6.01. The quantitative estimate of drug-likeness (QED) is 0.331. The first-order valence-electron chi connectivity index (χ1n) is 8.09. The summed E-state index contributed by atoms with van der Waals surface area (Å²) in [5.74, 6) is 5.01. The van der Waals surface area contributed by atoms with E-state index in [1.54, 1.807) is 0 Å². The minimum Gasteiger partial charge on any atom is -0.380 e. The second-order valence-electron chi connectivity index (χ2n) is 6.01. The molecule has 2 aromatic rings. The molecule has 24 heavy (non-hydrogen) atoms. The highest BCUT2D eigenvalue weighted by Gasteiger charge is 2.10. The van der Waals surface area contributed by atoms with Crippen LogP contribution < -0.4 is 16.6 Å². The van der Waals surface area contributed by atoms with Crippen LogP contribution in [0.3, 0.4) is 0 Å². The van der Waals surface area contributed by atoms with Gasteiger partial charge in [-0.05, 0) is 55.5 Å². The average Bonchev–Trinajstić information content (AvgIpc) is 2.56. The summed E-state index contributed by atoms with van der Waals surface area (Å²) >= 11 is 0. The molecule has 0 aliphatic carbocycles. The Labute approximate surface area is 143 Å². The van der Waals surface area contributed by atoms with Crippen LogP contribution >= 0.6 is 0 Å². The largest absolute Gasteiger partial charge is 0.380 e. The van der Waals surface area contributed by atoms with Gasteiger partial charge >= 0.3 is 0 Å². The molecular formula is C20H25N3O. The summed E-state index contributed by atoms with van der Waals surface area (Å²) < 4.78 is 0. The molecule has 126 valence electrons. The van der Waals surface area contributed by atoms with E-state index in [4.69, 9.17) is 5.84 Å². The minimum atomic E-state index is -0.317. The van der Waals surface area contributed by atoms with E-state index >= 15 is 0 Å². The Morgan fingerprint density at radius 3 is 2.29 bits per heavy atom. The molecule has 0 fully saturated rings. The molecule has 1 amide bonds. The van der Waals surface area contributed by atoms with E-state index in [1.807, 2.05) is 38.1 Å². The molecule has 0 spiro atoms. The van der Waals surface area contributed by atoms with Crippen LogP contribution in [0, 0.1) is 20.8 Å². The minimum absolute atomic E-state index is 0.317. The Morgan fingerprint density at radius 2 is 1.71 bits per heavy atom. The maximum atomic E-state index is 12.1. The van der Waals surface area contributed by atoms with E-state index in [2.05, 4.69) is 41.9 Å². The first-order chi connectivity index (χ1) is 11.5. The van der Waals surface area contributed by atoms with Crippen molar-refractivity contribution in [2.75, 3.05) is 6.54 Å². The SMILES string of the molecule is Cc1cc(C)c(/C=C(\NCCc2ccccc2)C(=O)NN)c(C)c1. The average molecular weight is 323 g/mol. The van der Waals surface area contributed by atoms with E-state index in [0.29, 0.717) is 12.2 Å². The summed E-state index contributed by atoms with van der Waals surface area (Å²) in [5, 5.41) is 3.21. The molecule has 0 aromatic heterocycles. The number of hydrogen-bond donors (Lipinski definition) is 3. The normalized spacial score (nSPS) is 11.2. The van der Waals surface area contributed by atoms with Gasteiger partial charge in [0.05, 0.1) is 0 Å². The maximum Gasteiger partial charge on any atom is 0.281 e. The van der Waals surface area contributed by atoms with Gasteiger partial charge in [-0.3, -0.25) is 10.2 Å². The third-order valence-corrected chi connectivity index (χ3v) is 3.97. The van der Waals surface area contributed by atoms with Crippen LogP contribution in [0.5, 0.6) is 0 Å². The summed E-state index contributed by atoms with van der Waals surface area (Å²) in [7, 11) is 0. The molecule has 0 heterocycles. The van der Waals surface area contributed by atoms with Gasteiger partial charge in [0.15, 0.2) is 0 Å². The topological polar surface area (TPSA) is 67.2 Å². The Balaban J connectivity index is 2.18. The predicted octanol–water partition coefficient (Wildman–Crippen LogP) is 2.77. The monoisotopic (exact) mass is 323 g/mol. The number of hydrogen-bond acceptors (Lipinski definition) is 3. The highest BCUT2D eigenvalue weighted by atomic mass is 16.2. The summed E-state index contributed by atoms with van der Waals surface area (Å²) in [6.45, 7) is 6.83. The van der Waals surface area contributed by atoms with Crippen molar-refractivity contribution < 1.29 is 4.79 Å². The second kappa shape index (κ2) is 8.31. The molecule has 4 nitrogen and oxygen atoms in total. The van der Waals surface area contributed by atoms with Crippen molar-refractivity contribution in [1.82, 2.24) is 10.7 Å². The Bertz CT molecular complexity index is 713. The zero-order valence-electron chi connectivity index (χ0n) is 14.5. The van der Waals surface area contributed by atoms with Crippen molar-refractivity contribution >= 4 is 12.0 Å². The molecule has 0 saturated heterocycles. The number of hydrazine groups is 1. The van der Waals surface area contributed by atoms with Gasteiger partial charge in [-0.1, -0.05) is 48.0 Å². The number of rotatable bonds is 6. The molecule has 0 bridgehead atoms. The van der Waals surface area contributed by atoms with Crippen LogP contribution in [0.4, 0.5) is 0 Å². The fraction of sp³-hybridized carbons (Fsp3) is 0.250. The Morgan fingerprint density at radius 1 is 1.08 bits per heavy atom. The van der Waals surface area contributed by atoms with Gasteiger partial charge in [0.2, 0.25) is 0 Å². The highest BCUT2D eigenvalue weighted by molar-refractivity contribution is 5.97. The number of carbonyl (C=O) groups is 1. The van der Waals surface area contributed by atoms with Crippen molar-refractivity contribution in [2.45, 2.75) is 27.2 Å². The van der Waals surface area contributed by atoms with Gasteiger partial charge in [0, 0.05) is 6.54 Å². The van der Waals surface area contributed by atoms with Crippen molar-refractivity contribution in [3.05, 3.63) is 76.0 Å². The van der Waals surface area contributed by atoms with Crippen LogP contribution in [0.25, 0.3) is 6.08 Å². The summed E-state index contributed by atoms with van der Waals surface area (Å²) in [6, 6.07) is 14.4. The van der Waals surface area contributed by atoms with Crippen LogP contribution in [0.15, 0.2) is 48.2 Å². The number of carbonyl (C=O) groups excluding carboxylic acids is 1. The molecule has 0 unspecified atom stereocenters. The summed E-state index contributed by atoms with van der Waals surface area (Å²) in [6.07, 6.45) is 2.71. The molecule has 0 radical (unpaired) electrons. The molecular weight excluding hydrogens is 298 g/mol. The molecule has 2 aromatic carbocycles. The third kappa shape index (κ3) is 4.70. The van der Waals surface area contributed by atoms with Crippen molar-refractivity contribution in [3.8, 4) is 0 Å². The number of benzene rings is 2. The Kier molecular flexibility index (Phi) is 6.15. The van der Waals surface area contributed by atoms with Crippen molar-refractivity contribution in [3.63, 3.8) is 0 Å². The van der Waals surface area contributed by atoms with Crippen molar-refractivity contribution in [2.24, 2.45) is 5.84 Å². The zero-order valence-corrected chi connectivity index (χ0v) is 14.5. The van der Waals surface area contributed by atoms with Gasteiger partial charge in [0.1, 0.15) is 5.70 Å². The van der Waals surface area contributed by atoms with Crippen LogP contribution in [0.1, 0.15) is 27.8 Å². The van der Waals surface area contributed by atoms with E-state index in [-0.39, 0.29) is 5.91 Å². The summed E-state index contributed by atoms with van der Waals surface area (Å²) in [5.41, 5.74) is 8.45. The van der Waals surface area contributed by atoms with Crippen LogP contribution in [-0.2, 0) is 11.2 Å². The van der Waals surface area contributed by atoms with E-state index in [9.17, 15) is 4.79 Å². The van der Waals surface area contributed by atoms with Crippen LogP contribution in [-0.4, -0.2) is 12.5 Å².